The number of hydrogen-bond donors (Lipinski definition) is 0. The first kappa shape index (κ1) is 12.2. The average Bonchev–Trinajstić information content (AvgIpc) is 2.10. The number of rotatable bonds is 7. The molecule has 0 aliphatic rings. The second-order valence-corrected chi connectivity index (χ2v) is 4.33. The molecular weight excluding hydrogens is 188 g/mol. The van der Waals surface area contributed by atoms with Gasteiger partial charge in [-0.05, 0) is 24.4 Å². The van der Waals surface area contributed by atoms with Gasteiger partial charge in [0, 0.05) is 12.2 Å². The summed E-state index contributed by atoms with van der Waals surface area (Å²) in [5, 5.41) is 0.734. The molecule has 0 aromatic carbocycles. The molecule has 0 aliphatic heterocycles. The quantitative estimate of drug-likeness (QED) is 0.467. The van der Waals surface area contributed by atoms with Crippen LogP contribution in [0.2, 0.25) is 0 Å². The van der Waals surface area contributed by atoms with Gasteiger partial charge in [0.15, 0.2) is 5.05 Å². The highest BCUT2D eigenvalue weighted by Crippen LogP contribution is 2.08. The molecule has 0 bridgehead atoms. The maximum absolute atomic E-state index is 4.92. The lowest BCUT2D eigenvalue weighted by atomic mass is 10.3. The van der Waals surface area contributed by atoms with Crippen LogP contribution in [0.5, 0.6) is 0 Å². The largest absolute Gasteiger partial charge is 0.490 e. The zero-order valence-electron chi connectivity index (χ0n) is 7.97. The van der Waals surface area contributed by atoms with Crippen LogP contribution in [0, 0.1) is 0 Å². The highest BCUT2D eigenvalue weighted by molar-refractivity contribution is 7.99. The van der Waals surface area contributed by atoms with Crippen LogP contribution in [0.1, 0.15) is 32.6 Å². The maximum Gasteiger partial charge on any atom is 0.160 e. The van der Waals surface area contributed by atoms with Crippen LogP contribution in [0.15, 0.2) is 0 Å². The fourth-order valence-electron chi connectivity index (χ4n) is 0.814. The molecule has 0 aromatic heterocycles. The van der Waals surface area contributed by atoms with Crippen LogP contribution in [0.3, 0.4) is 0 Å². The average molecular weight is 206 g/mol. The molecule has 3 heteroatoms. The van der Waals surface area contributed by atoms with E-state index in [1.165, 1.54) is 25.0 Å². The van der Waals surface area contributed by atoms with E-state index in [1.54, 1.807) is 7.11 Å². The molecule has 0 saturated carbocycles. The molecule has 0 amide bonds. The van der Waals surface area contributed by atoms with E-state index >= 15 is 0 Å². The van der Waals surface area contributed by atoms with E-state index in [9.17, 15) is 0 Å². The second kappa shape index (κ2) is 9.33. The first-order valence-corrected chi connectivity index (χ1v) is 6.02. The van der Waals surface area contributed by atoms with E-state index in [2.05, 4.69) is 6.92 Å². The summed E-state index contributed by atoms with van der Waals surface area (Å²) < 4.78 is 4.90. The summed E-state index contributed by atoms with van der Waals surface area (Å²) in [5.41, 5.74) is 0. The first-order valence-electron chi connectivity index (χ1n) is 4.45. The molecule has 0 saturated heterocycles. The minimum atomic E-state index is 0.734. The van der Waals surface area contributed by atoms with Crippen LogP contribution in [-0.4, -0.2) is 23.7 Å². The molecule has 0 aliphatic carbocycles. The van der Waals surface area contributed by atoms with Gasteiger partial charge in [-0.25, -0.2) is 0 Å². The van der Waals surface area contributed by atoms with Crippen molar-refractivity contribution in [2.75, 3.05) is 18.6 Å². The summed E-state index contributed by atoms with van der Waals surface area (Å²) in [4.78, 5) is 0. The third kappa shape index (κ3) is 8.34. The predicted octanol–water partition coefficient (Wildman–Crippen LogP) is 3.27. The van der Waals surface area contributed by atoms with Crippen molar-refractivity contribution < 1.29 is 4.74 Å². The summed E-state index contributed by atoms with van der Waals surface area (Å²) in [6, 6.07) is 0. The van der Waals surface area contributed by atoms with Crippen molar-refractivity contribution in [1.29, 1.82) is 0 Å². The Morgan fingerprint density at radius 1 is 1.33 bits per heavy atom. The summed E-state index contributed by atoms with van der Waals surface area (Å²) in [6.07, 6.45) is 4.91. The van der Waals surface area contributed by atoms with Gasteiger partial charge in [-0.3, -0.25) is 0 Å². The number of methoxy groups -OCH3 is 1. The highest BCUT2D eigenvalue weighted by Gasteiger charge is 1.94. The van der Waals surface area contributed by atoms with Crippen molar-refractivity contribution in [2.45, 2.75) is 32.6 Å². The standard InChI is InChI=1S/C9H18OS2/c1-3-4-5-7-12-8-6-9(11)10-2/h3-8H2,1-2H3. The van der Waals surface area contributed by atoms with E-state index < -0.39 is 0 Å². The molecule has 0 aromatic rings. The summed E-state index contributed by atoms with van der Waals surface area (Å²) in [7, 11) is 1.64. The van der Waals surface area contributed by atoms with E-state index in [-0.39, 0.29) is 0 Å². The molecule has 72 valence electrons. The Morgan fingerprint density at radius 3 is 2.67 bits per heavy atom. The number of thiocarbonyl (C=S) groups is 1. The van der Waals surface area contributed by atoms with Crippen LogP contribution < -0.4 is 0 Å². The van der Waals surface area contributed by atoms with Gasteiger partial charge in [-0.2, -0.15) is 11.8 Å². The number of thioether (sulfide) groups is 1. The Labute approximate surface area is 85.3 Å². The number of ether oxygens (including phenoxy) is 1. The van der Waals surface area contributed by atoms with Crippen molar-refractivity contribution in [3.8, 4) is 0 Å². The van der Waals surface area contributed by atoms with Crippen molar-refractivity contribution >= 4 is 29.0 Å². The number of unbranched alkanes of at least 4 members (excludes halogenated alkanes) is 2. The molecule has 0 radical (unpaired) electrons. The summed E-state index contributed by atoms with van der Waals surface area (Å²) in [6.45, 7) is 2.23. The van der Waals surface area contributed by atoms with Gasteiger partial charge in [0.1, 0.15) is 0 Å². The number of hydrogen-bond acceptors (Lipinski definition) is 3. The van der Waals surface area contributed by atoms with Crippen molar-refractivity contribution in [1.82, 2.24) is 0 Å². The lowest BCUT2D eigenvalue weighted by molar-refractivity contribution is 0.405. The lowest BCUT2D eigenvalue weighted by Crippen LogP contribution is -1.98. The Hall–Kier alpha value is 0.240. The van der Waals surface area contributed by atoms with E-state index in [0.29, 0.717) is 0 Å². The summed E-state index contributed by atoms with van der Waals surface area (Å²) >= 11 is 6.89. The smallest absolute Gasteiger partial charge is 0.160 e. The SMILES string of the molecule is CCCCCSCCC(=S)OC. The third-order valence-corrected chi connectivity index (χ3v) is 3.01. The molecule has 0 heterocycles. The topological polar surface area (TPSA) is 9.23 Å². The fourth-order valence-corrected chi connectivity index (χ4v) is 1.99. The van der Waals surface area contributed by atoms with Gasteiger partial charge in [0.2, 0.25) is 0 Å². The highest BCUT2D eigenvalue weighted by atomic mass is 32.2. The van der Waals surface area contributed by atoms with Gasteiger partial charge >= 0.3 is 0 Å². The third-order valence-electron chi connectivity index (χ3n) is 1.57. The first-order chi connectivity index (χ1) is 5.81. The van der Waals surface area contributed by atoms with Crippen LogP contribution in [0.4, 0.5) is 0 Å². The minimum absolute atomic E-state index is 0.734. The van der Waals surface area contributed by atoms with Crippen LogP contribution in [0.25, 0.3) is 0 Å². The molecule has 0 fully saturated rings. The second-order valence-electron chi connectivity index (χ2n) is 2.65. The van der Waals surface area contributed by atoms with E-state index in [4.69, 9.17) is 17.0 Å². The van der Waals surface area contributed by atoms with Crippen molar-refractivity contribution in [3.05, 3.63) is 0 Å². The summed E-state index contributed by atoms with van der Waals surface area (Å²) in [5.74, 6) is 2.37. The van der Waals surface area contributed by atoms with E-state index in [0.717, 1.165) is 17.2 Å². The Kier molecular flexibility index (Phi) is 9.52. The molecule has 12 heavy (non-hydrogen) atoms. The van der Waals surface area contributed by atoms with Crippen molar-refractivity contribution in [3.63, 3.8) is 0 Å². The molecule has 1 nitrogen and oxygen atoms in total. The van der Waals surface area contributed by atoms with Gasteiger partial charge in [0.05, 0.1) is 7.11 Å². The van der Waals surface area contributed by atoms with E-state index in [1.807, 2.05) is 11.8 Å². The monoisotopic (exact) mass is 206 g/mol. The van der Waals surface area contributed by atoms with Crippen LogP contribution in [-0.2, 0) is 4.74 Å². The van der Waals surface area contributed by atoms with Crippen LogP contribution >= 0.6 is 24.0 Å². The molecular formula is C9H18OS2. The maximum atomic E-state index is 4.92. The minimum Gasteiger partial charge on any atom is -0.490 e. The molecule has 0 spiro atoms. The molecule has 0 N–H and O–H groups in total. The van der Waals surface area contributed by atoms with Gasteiger partial charge in [-0.15, -0.1) is 0 Å². The molecule has 0 unspecified atom stereocenters. The molecule has 0 atom stereocenters. The van der Waals surface area contributed by atoms with Gasteiger partial charge < -0.3 is 4.74 Å². The molecule has 0 rings (SSSR count). The Morgan fingerprint density at radius 2 is 2.08 bits per heavy atom. The van der Waals surface area contributed by atoms with Gasteiger partial charge in [-0.1, -0.05) is 19.8 Å². The van der Waals surface area contributed by atoms with Crippen molar-refractivity contribution in [2.24, 2.45) is 0 Å². The fraction of sp³-hybridized carbons (Fsp3) is 0.889. The predicted molar refractivity (Wildman–Crippen MR) is 61.1 cm³/mol. The lowest BCUT2D eigenvalue weighted by Gasteiger charge is -2.01. The zero-order valence-corrected chi connectivity index (χ0v) is 9.60. The Balaban J connectivity index is 2.95. The van der Waals surface area contributed by atoms with Gasteiger partial charge in [0.25, 0.3) is 0 Å². The Bertz CT molecular complexity index is 115. The normalized spacial score (nSPS) is 9.83. The zero-order chi connectivity index (χ0) is 9.23.